The third-order valence-corrected chi connectivity index (χ3v) is 4.83. The van der Waals surface area contributed by atoms with Gasteiger partial charge in [-0.05, 0) is 44.7 Å². The van der Waals surface area contributed by atoms with Gasteiger partial charge in [0, 0.05) is 28.8 Å². The van der Waals surface area contributed by atoms with Gasteiger partial charge in [0.15, 0.2) is 0 Å². The molecule has 2 atom stereocenters. The van der Waals surface area contributed by atoms with Gasteiger partial charge in [-0.25, -0.2) is 0 Å². The molecule has 2 N–H and O–H groups in total. The standard InChI is InChI=1S/C15H24N2OS/c1-4-8-17-14(18)7-5-6-13(16)15(17)12-9-10(2)19-11(12)3/h9,13,15H,4-8,16H2,1-3H3. The van der Waals surface area contributed by atoms with Crippen LogP contribution >= 0.6 is 11.3 Å². The third kappa shape index (κ3) is 3.00. The molecule has 106 valence electrons. The molecule has 1 aliphatic heterocycles. The van der Waals surface area contributed by atoms with E-state index in [1.54, 1.807) is 11.3 Å². The zero-order valence-electron chi connectivity index (χ0n) is 12.1. The molecule has 3 nitrogen and oxygen atoms in total. The number of likely N-dealkylation sites (tertiary alicyclic amines) is 1. The molecule has 0 aromatic carbocycles. The van der Waals surface area contributed by atoms with Gasteiger partial charge in [-0.2, -0.15) is 0 Å². The number of nitrogens with zero attached hydrogens (tertiary/aromatic N) is 1. The van der Waals surface area contributed by atoms with Gasteiger partial charge in [-0.3, -0.25) is 4.79 Å². The second-order valence-corrected chi connectivity index (χ2v) is 6.92. The number of aryl methyl sites for hydroxylation is 2. The Morgan fingerprint density at radius 1 is 1.47 bits per heavy atom. The molecule has 0 spiro atoms. The lowest BCUT2D eigenvalue weighted by Crippen LogP contribution is -2.42. The van der Waals surface area contributed by atoms with Crippen LogP contribution in [0.25, 0.3) is 0 Å². The zero-order chi connectivity index (χ0) is 14.0. The van der Waals surface area contributed by atoms with Crippen molar-refractivity contribution in [2.24, 2.45) is 5.73 Å². The number of thiophene rings is 1. The largest absolute Gasteiger partial charge is 0.334 e. The first kappa shape index (κ1) is 14.5. The molecule has 0 radical (unpaired) electrons. The van der Waals surface area contributed by atoms with E-state index in [1.165, 1.54) is 15.3 Å². The molecule has 4 heteroatoms. The first-order chi connectivity index (χ1) is 9.04. The van der Waals surface area contributed by atoms with Gasteiger partial charge in [0.25, 0.3) is 0 Å². The highest BCUT2D eigenvalue weighted by molar-refractivity contribution is 7.12. The molecule has 1 aromatic heterocycles. The Kier molecular flexibility index (Phi) is 4.63. The van der Waals surface area contributed by atoms with Gasteiger partial charge in [0.2, 0.25) is 5.91 Å². The molecule has 0 saturated carbocycles. The summed E-state index contributed by atoms with van der Waals surface area (Å²) >= 11 is 1.80. The minimum absolute atomic E-state index is 0.0608. The highest BCUT2D eigenvalue weighted by Crippen LogP contribution is 2.35. The van der Waals surface area contributed by atoms with Crippen LogP contribution in [0, 0.1) is 13.8 Å². The van der Waals surface area contributed by atoms with Gasteiger partial charge in [0.1, 0.15) is 0 Å². The van der Waals surface area contributed by atoms with Crippen LogP contribution in [0.1, 0.15) is 54.0 Å². The molecule has 1 fully saturated rings. The monoisotopic (exact) mass is 280 g/mol. The minimum Gasteiger partial charge on any atom is -0.334 e. The fraction of sp³-hybridized carbons (Fsp3) is 0.667. The van der Waals surface area contributed by atoms with Crippen molar-refractivity contribution < 1.29 is 4.79 Å². The maximum Gasteiger partial charge on any atom is 0.223 e. The number of rotatable bonds is 3. The van der Waals surface area contributed by atoms with E-state index in [2.05, 4.69) is 26.8 Å². The van der Waals surface area contributed by atoms with Crippen LogP contribution in [0.4, 0.5) is 0 Å². The molecule has 0 bridgehead atoms. The molecular weight excluding hydrogens is 256 g/mol. The summed E-state index contributed by atoms with van der Waals surface area (Å²) in [6.45, 7) is 7.19. The van der Waals surface area contributed by atoms with Gasteiger partial charge < -0.3 is 10.6 Å². The minimum atomic E-state index is 0.0608. The first-order valence-corrected chi connectivity index (χ1v) is 7.98. The first-order valence-electron chi connectivity index (χ1n) is 7.16. The van der Waals surface area contributed by atoms with E-state index in [0.717, 1.165) is 25.8 Å². The average molecular weight is 280 g/mol. The van der Waals surface area contributed by atoms with Crippen molar-refractivity contribution in [2.45, 2.75) is 58.5 Å². The second kappa shape index (κ2) is 6.06. The predicted octanol–water partition coefficient (Wildman–Crippen LogP) is 3.16. The number of hydrogen-bond donors (Lipinski definition) is 1. The van der Waals surface area contributed by atoms with Crippen molar-refractivity contribution in [3.8, 4) is 0 Å². The molecule has 2 rings (SSSR count). The van der Waals surface area contributed by atoms with Crippen LogP contribution < -0.4 is 5.73 Å². The van der Waals surface area contributed by atoms with Gasteiger partial charge in [0.05, 0.1) is 6.04 Å². The molecule has 2 unspecified atom stereocenters. The quantitative estimate of drug-likeness (QED) is 0.924. The summed E-state index contributed by atoms with van der Waals surface area (Å²) in [7, 11) is 0. The van der Waals surface area contributed by atoms with Crippen LogP contribution in [-0.2, 0) is 4.79 Å². The van der Waals surface area contributed by atoms with Gasteiger partial charge >= 0.3 is 0 Å². The zero-order valence-corrected chi connectivity index (χ0v) is 12.9. The predicted molar refractivity (Wildman–Crippen MR) is 80.4 cm³/mol. The third-order valence-electron chi connectivity index (χ3n) is 3.85. The van der Waals surface area contributed by atoms with E-state index >= 15 is 0 Å². The fourth-order valence-corrected chi connectivity index (χ4v) is 3.99. The summed E-state index contributed by atoms with van der Waals surface area (Å²) in [5.41, 5.74) is 7.65. The summed E-state index contributed by atoms with van der Waals surface area (Å²) in [5.74, 6) is 0.267. The van der Waals surface area contributed by atoms with Crippen molar-refractivity contribution in [3.05, 3.63) is 21.4 Å². The summed E-state index contributed by atoms with van der Waals surface area (Å²) in [6, 6.07) is 2.34. The molecule has 2 heterocycles. The van der Waals surface area contributed by atoms with Gasteiger partial charge in [-0.15, -0.1) is 11.3 Å². The van der Waals surface area contributed by atoms with Gasteiger partial charge in [-0.1, -0.05) is 6.92 Å². The maximum absolute atomic E-state index is 12.3. The molecule has 1 aromatic rings. The van der Waals surface area contributed by atoms with Crippen molar-refractivity contribution in [1.82, 2.24) is 4.90 Å². The van der Waals surface area contributed by atoms with Crippen molar-refractivity contribution in [3.63, 3.8) is 0 Å². The Hall–Kier alpha value is -0.870. The average Bonchev–Trinajstić information content (AvgIpc) is 2.60. The van der Waals surface area contributed by atoms with Crippen molar-refractivity contribution in [2.75, 3.05) is 6.54 Å². The Morgan fingerprint density at radius 2 is 2.21 bits per heavy atom. The Labute approximate surface area is 119 Å². The summed E-state index contributed by atoms with van der Waals surface area (Å²) < 4.78 is 0. The van der Waals surface area contributed by atoms with E-state index in [1.807, 2.05) is 4.90 Å². The number of carbonyl (C=O) groups is 1. The van der Waals surface area contributed by atoms with Crippen LogP contribution in [0.3, 0.4) is 0 Å². The van der Waals surface area contributed by atoms with Crippen LogP contribution in [0.5, 0.6) is 0 Å². The smallest absolute Gasteiger partial charge is 0.223 e. The molecule has 1 saturated heterocycles. The Balaban J connectivity index is 2.40. The highest BCUT2D eigenvalue weighted by atomic mass is 32.1. The topological polar surface area (TPSA) is 46.3 Å². The molecule has 1 aliphatic rings. The molecule has 1 amide bonds. The molecule has 0 aliphatic carbocycles. The number of hydrogen-bond acceptors (Lipinski definition) is 3. The van der Waals surface area contributed by atoms with Crippen LogP contribution in [-0.4, -0.2) is 23.4 Å². The lowest BCUT2D eigenvalue weighted by molar-refractivity contribution is -0.133. The second-order valence-electron chi connectivity index (χ2n) is 5.46. The fourth-order valence-electron chi connectivity index (χ4n) is 3.02. The molecule has 19 heavy (non-hydrogen) atoms. The molecular formula is C15H24N2OS. The van der Waals surface area contributed by atoms with E-state index in [4.69, 9.17) is 5.73 Å². The Bertz CT molecular complexity index is 455. The number of carbonyl (C=O) groups excluding carboxylic acids is 1. The van der Waals surface area contributed by atoms with Crippen molar-refractivity contribution >= 4 is 17.2 Å². The van der Waals surface area contributed by atoms with E-state index in [9.17, 15) is 4.79 Å². The Morgan fingerprint density at radius 3 is 2.79 bits per heavy atom. The summed E-state index contributed by atoms with van der Waals surface area (Å²) in [4.78, 5) is 16.9. The lowest BCUT2D eigenvalue weighted by atomic mass is 9.96. The maximum atomic E-state index is 12.3. The van der Waals surface area contributed by atoms with Crippen molar-refractivity contribution in [1.29, 1.82) is 0 Å². The van der Waals surface area contributed by atoms with Crippen LogP contribution in [0.15, 0.2) is 6.07 Å². The summed E-state index contributed by atoms with van der Waals surface area (Å²) in [6.07, 6.45) is 3.48. The summed E-state index contributed by atoms with van der Waals surface area (Å²) in [5, 5.41) is 0. The van der Waals surface area contributed by atoms with E-state index in [0.29, 0.717) is 6.42 Å². The van der Waals surface area contributed by atoms with E-state index in [-0.39, 0.29) is 18.0 Å². The SMILES string of the molecule is CCCN1C(=O)CCCC(N)C1c1cc(C)sc1C. The lowest BCUT2D eigenvalue weighted by Gasteiger charge is -2.33. The highest BCUT2D eigenvalue weighted by Gasteiger charge is 2.33. The number of amides is 1. The van der Waals surface area contributed by atoms with E-state index < -0.39 is 0 Å². The van der Waals surface area contributed by atoms with Crippen LogP contribution in [0.2, 0.25) is 0 Å². The normalized spacial score (nSPS) is 24.6. The number of nitrogens with two attached hydrogens (primary N) is 1.